The van der Waals surface area contributed by atoms with E-state index >= 15 is 0 Å². The summed E-state index contributed by atoms with van der Waals surface area (Å²) in [5.41, 5.74) is 7.93. The van der Waals surface area contributed by atoms with Crippen molar-refractivity contribution in [3.63, 3.8) is 0 Å². The molecule has 7 rings (SSSR count). The Morgan fingerprint density at radius 3 is 2.03 bits per heavy atom. The smallest absolute Gasteiger partial charge is 0.139 e. The van der Waals surface area contributed by atoms with E-state index in [1.807, 2.05) is 6.07 Å². The van der Waals surface area contributed by atoms with Crippen LogP contribution in [0, 0.1) is 0 Å². The average Bonchev–Trinajstić information content (AvgIpc) is 2.98. The summed E-state index contributed by atoms with van der Waals surface area (Å²) in [6.45, 7) is 4.56. The molecule has 0 N–H and O–H groups in total. The topological polar surface area (TPSA) is 12.5 Å². The first kappa shape index (κ1) is 23.3. The van der Waals surface area contributed by atoms with Gasteiger partial charge in [-0.3, -0.25) is 0 Å². The number of ether oxygens (including phenoxy) is 1. The zero-order valence-corrected chi connectivity index (χ0v) is 22.1. The molecule has 2 heteroatoms. The summed E-state index contributed by atoms with van der Waals surface area (Å²) in [5, 5.41) is 2.45. The second-order valence-electron chi connectivity index (χ2n) is 10.6. The lowest BCUT2D eigenvalue weighted by Gasteiger charge is -2.35. The fraction of sp³-hybridized carbons (Fsp3) is 0.0811. The van der Waals surface area contributed by atoms with Gasteiger partial charge in [-0.15, -0.1) is 0 Å². The van der Waals surface area contributed by atoms with Gasteiger partial charge in [0.1, 0.15) is 11.5 Å². The fourth-order valence-corrected chi connectivity index (χ4v) is 5.89. The molecular weight excluding hydrogens is 474 g/mol. The van der Waals surface area contributed by atoms with Gasteiger partial charge >= 0.3 is 0 Å². The molecule has 0 aromatic heterocycles. The average molecular weight is 504 g/mol. The van der Waals surface area contributed by atoms with Crippen LogP contribution in [-0.2, 0) is 5.41 Å². The molecule has 1 aliphatic heterocycles. The van der Waals surface area contributed by atoms with Crippen molar-refractivity contribution in [2.45, 2.75) is 19.3 Å². The fourth-order valence-electron chi connectivity index (χ4n) is 5.89. The van der Waals surface area contributed by atoms with Crippen LogP contribution in [-0.4, -0.2) is 0 Å². The maximum Gasteiger partial charge on any atom is 0.139 e. The second-order valence-corrected chi connectivity index (χ2v) is 10.6. The lowest BCUT2D eigenvalue weighted by atomic mass is 9.75. The van der Waals surface area contributed by atoms with Crippen molar-refractivity contribution in [1.82, 2.24) is 0 Å². The Balaban J connectivity index is 1.34. The van der Waals surface area contributed by atoms with Crippen molar-refractivity contribution in [2.75, 3.05) is 4.90 Å². The normalized spacial score (nSPS) is 13.3. The van der Waals surface area contributed by atoms with Crippen molar-refractivity contribution in [1.29, 1.82) is 0 Å². The van der Waals surface area contributed by atoms with Crippen LogP contribution in [0.4, 0.5) is 17.1 Å². The van der Waals surface area contributed by atoms with Crippen molar-refractivity contribution < 1.29 is 4.74 Å². The van der Waals surface area contributed by atoms with E-state index in [9.17, 15) is 0 Å². The van der Waals surface area contributed by atoms with Gasteiger partial charge < -0.3 is 9.64 Å². The largest absolute Gasteiger partial charge is 0.456 e. The molecule has 0 saturated carbocycles. The first-order valence-corrected chi connectivity index (χ1v) is 13.5. The van der Waals surface area contributed by atoms with Gasteiger partial charge in [-0.1, -0.05) is 117 Å². The molecule has 1 heterocycles. The molecule has 2 nitrogen and oxygen atoms in total. The number of benzene rings is 6. The molecule has 0 spiro atoms. The Morgan fingerprint density at radius 2 is 1.18 bits per heavy atom. The van der Waals surface area contributed by atoms with Crippen molar-refractivity contribution in [3.05, 3.63) is 151 Å². The summed E-state index contributed by atoms with van der Waals surface area (Å²) >= 11 is 0. The highest BCUT2D eigenvalue weighted by molar-refractivity contribution is 5.99. The highest BCUT2D eigenvalue weighted by atomic mass is 16.5. The van der Waals surface area contributed by atoms with E-state index in [0.29, 0.717) is 0 Å². The lowest BCUT2D eigenvalue weighted by Crippen LogP contribution is -2.24. The number of fused-ring (bicyclic) bond motifs is 3. The highest BCUT2D eigenvalue weighted by Crippen LogP contribution is 2.51. The van der Waals surface area contributed by atoms with Gasteiger partial charge in [0.05, 0.1) is 5.69 Å². The minimum absolute atomic E-state index is 0.140. The van der Waals surface area contributed by atoms with Gasteiger partial charge in [0, 0.05) is 38.9 Å². The third-order valence-corrected chi connectivity index (χ3v) is 7.92. The standard InChI is InChI=1S/C37H29NO/c1-37(2)32-18-8-9-21-35(32)39-36-31(17-11-19-33(36)37)27-22-24-29(25-23-27)38(28-14-4-3-5-15-28)34-20-10-13-26-12-6-7-16-30(26)34/h3-25H,1-2H3. The van der Waals surface area contributed by atoms with E-state index in [2.05, 4.69) is 152 Å². The van der Waals surface area contributed by atoms with E-state index in [1.54, 1.807) is 0 Å². The molecule has 0 saturated heterocycles. The summed E-state index contributed by atoms with van der Waals surface area (Å²) in [7, 11) is 0. The first-order valence-electron chi connectivity index (χ1n) is 13.5. The Morgan fingerprint density at radius 1 is 0.538 bits per heavy atom. The molecule has 6 aromatic carbocycles. The van der Waals surface area contributed by atoms with Crippen molar-refractivity contribution in [3.8, 4) is 22.6 Å². The molecule has 39 heavy (non-hydrogen) atoms. The van der Waals surface area contributed by atoms with E-state index in [0.717, 1.165) is 39.7 Å². The summed E-state index contributed by atoms with van der Waals surface area (Å²) in [4.78, 5) is 2.34. The lowest BCUT2D eigenvalue weighted by molar-refractivity contribution is 0.419. The van der Waals surface area contributed by atoms with Crippen LogP contribution in [0.5, 0.6) is 11.5 Å². The molecule has 0 atom stereocenters. The Labute approximate surface area is 229 Å². The van der Waals surface area contributed by atoms with Crippen molar-refractivity contribution >= 4 is 27.8 Å². The quantitative estimate of drug-likeness (QED) is 0.237. The Kier molecular flexibility index (Phi) is 5.49. The molecule has 0 unspecified atom stereocenters. The summed E-state index contributed by atoms with van der Waals surface area (Å²) in [6, 6.07) is 49.4. The summed E-state index contributed by atoms with van der Waals surface area (Å²) in [6.07, 6.45) is 0. The zero-order chi connectivity index (χ0) is 26.4. The third kappa shape index (κ3) is 3.88. The summed E-state index contributed by atoms with van der Waals surface area (Å²) in [5.74, 6) is 1.88. The van der Waals surface area contributed by atoms with Crippen molar-refractivity contribution in [2.24, 2.45) is 0 Å². The van der Waals surface area contributed by atoms with Crippen LogP contribution < -0.4 is 9.64 Å². The Bertz CT molecular complexity index is 1800. The Hall–Kier alpha value is -4.82. The minimum atomic E-state index is -0.140. The SMILES string of the molecule is CC1(C)c2ccccc2Oc2c(-c3ccc(N(c4ccccc4)c4cccc5ccccc45)cc3)cccc21. The van der Waals surface area contributed by atoms with E-state index in [4.69, 9.17) is 4.74 Å². The van der Waals surface area contributed by atoms with Gasteiger partial charge in [-0.25, -0.2) is 0 Å². The van der Waals surface area contributed by atoms with Crippen LogP contribution in [0.3, 0.4) is 0 Å². The summed E-state index contributed by atoms with van der Waals surface area (Å²) < 4.78 is 6.55. The predicted molar refractivity (Wildman–Crippen MR) is 163 cm³/mol. The molecule has 0 bridgehead atoms. The van der Waals surface area contributed by atoms with E-state index in [1.165, 1.54) is 21.9 Å². The van der Waals surface area contributed by atoms with Gasteiger partial charge in [-0.2, -0.15) is 0 Å². The number of rotatable bonds is 4. The first-order chi connectivity index (χ1) is 19.1. The third-order valence-electron chi connectivity index (χ3n) is 7.92. The molecule has 0 fully saturated rings. The highest BCUT2D eigenvalue weighted by Gasteiger charge is 2.35. The van der Waals surface area contributed by atoms with Gasteiger partial charge in [-0.05, 0) is 47.3 Å². The van der Waals surface area contributed by atoms with Crippen LogP contribution in [0.15, 0.2) is 140 Å². The maximum absolute atomic E-state index is 6.55. The van der Waals surface area contributed by atoms with Gasteiger partial charge in [0.15, 0.2) is 0 Å². The second kappa shape index (κ2) is 9.18. The molecular formula is C37H29NO. The number of para-hydroxylation sites is 3. The van der Waals surface area contributed by atoms with E-state index < -0.39 is 0 Å². The monoisotopic (exact) mass is 503 g/mol. The molecule has 188 valence electrons. The van der Waals surface area contributed by atoms with Crippen LogP contribution >= 0.6 is 0 Å². The predicted octanol–water partition coefficient (Wildman–Crippen LogP) is 10.4. The maximum atomic E-state index is 6.55. The van der Waals surface area contributed by atoms with Gasteiger partial charge in [0.2, 0.25) is 0 Å². The van der Waals surface area contributed by atoms with Crippen LogP contribution in [0.25, 0.3) is 21.9 Å². The molecule has 0 aliphatic carbocycles. The number of nitrogens with zero attached hydrogens (tertiary/aromatic N) is 1. The number of anilines is 3. The van der Waals surface area contributed by atoms with E-state index in [-0.39, 0.29) is 5.41 Å². The minimum Gasteiger partial charge on any atom is -0.456 e. The molecule has 1 aliphatic rings. The van der Waals surface area contributed by atoms with Crippen LogP contribution in [0.1, 0.15) is 25.0 Å². The molecule has 0 amide bonds. The number of hydrogen-bond acceptors (Lipinski definition) is 2. The zero-order valence-electron chi connectivity index (χ0n) is 22.1. The van der Waals surface area contributed by atoms with Crippen LogP contribution in [0.2, 0.25) is 0 Å². The molecule has 0 radical (unpaired) electrons. The van der Waals surface area contributed by atoms with Gasteiger partial charge in [0.25, 0.3) is 0 Å². The number of hydrogen-bond donors (Lipinski definition) is 0. The molecule has 6 aromatic rings.